The van der Waals surface area contributed by atoms with Crippen LogP contribution in [0.3, 0.4) is 0 Å². The van der Waals surface area contributed by atoms with Gasteiger partial charge < -0.3 is 5.32 Å². The maximum Gasteiger partial charge on any atom is 0.180 e. The molecule has 0 atom stereocenters. The van der Waals surface area contributed by atoms with Crippen LogP contribution in [0.5, 0.6) is 0 Å². The van der Waals surface area contributed by atoms with E-state index in [2.05, 4.69) is 19.2 Å². The molecule has 1 rings (SSSR count). The van der Waals surface area contributed by atoms with Crippen molar-refractivity contribution in [3.05, 3.63) is 24.3 Å². The molecular formula is C12H19NO2S. The molecule has 1 aromatic rings. The van der Waals surface area contributed by atoms with Gasteiger partial charge in [-0.25, -0.2) is 8.42 Å². The molecule has 0 heterocycles. The van der Waals surface area contributed by atoms with E-state index in [-0.39, 0.29) is 5.75 Å². The second-order valence-corrected chi connectivity index (χ2v) is 6.42. The first-order valence-electron chi connectivity index (χ1n) is 5.53. The maximum absolute atomic E-state index is 11.8. The van der Waals surface area contributed by atoms with Crippen LogP contribution >= 0.6 is 0 Å². The topological polar surface area (TPSA) is 46.2 Å². The first-order valence-corrected chi connectivity index (χ1v) is 7.18. The van der Waals surface area contributed by atoms with Crippen molar-refractivity contribution in [1.82, 2.24) is 0 Å². The largest absolute Gasteiger partial charge is 0.384 e. The fourth-order valence-corrected chi connectivity index (χ4v) is 2.43. The van der Waals surface area contributed by atoms with Crippen LogP contribution in [0.15, 0.2) is 29.2 Å². The summed E-state index contributed by atoms with van der Waals surface area (Å²) in [4.78, 5) is 0.401. The van der Waals surface area contributed by atoms with Crippen molar-refractivity contribution in [1.29, 1.82) is 0 Å². The smallest absolute Gasteiger partial charge is 0.180 e. The van der Waals surface area contributed by atoms with Crippen molar-refractivity contribution in [2.45, 2.75) is 25.7 Å². The Morgan fingerprint density at radius 1 is 1.25 bits per heavy atom. The molecule has 90 valence electrons. The number of nitrogens with one attached hydrogen (secondary N) is 1. The quantitative estimate of drug-likeness (QED) is 0.861. The summed E-state index contributed by atoms with van der Waals surface area (Å²) in [5.74, 6) is 0.616. The molecule has 0 aromatic heterocycles. The van der Waals surface area contributed by atoms with Crippen molar-refractivity contribution >= 4 is 15.5 Å². The Morgan fingerprint density at radius 2 is 1.88 bits per heavy atom. The lowest BCUT2D eigenvalue weighted by Crippen LogP contribution is -2.12. The minimum atomic E-state index is -3.14. The standard InChI is InChI=1S/C12H19NO2S/c1-4-16(14,15)12-8-6-5-7-11(12)13-9-10(2)3/h5-8,10,13H,4,9H2,1-3H3. The van der Waals surface area contributed by atoms with Gasteiger partial charge in [0.2, 0.25) is 0 Å². The van der Waals surface area contributed by atoms with Gasteiger partial charge in [0.25, 0.3) is 0 Å². The van der Waals surface area contributed by atoms with Crippen LogP contribution in [0, 0.1) is 5.92 Å². The van der Waals surface area contributed by atoms with E-state index >= 15 is 0 Å². The highest BCUT2D eigenvalue weighted by atomic mass is 32.2. The number of benzene rings is 1. The summed E-state index contributed by atoms with van der Waals surface area (Å²) < 4.78 is 23.7. The van der Waals surface area contributed by atoms with E-state index in [9.17, 15) is 8.42 Å². The molecule has 0 unspecified atom stereocenters. The van der Waals surface area contributed by atoms with Gasteiger partial charge in [-0.15, -0.1) is 0 Å². The summed E-state index contributed by atoms with van der Waals surface area (Å²) in [6.07, 6.45) is 0. The maximum atomic E-state index is 11.8. The molecule has 0 spiro atoms. The van der Waals surface area contributed by atoms with E-state index in [0.29, 0.717) is 16.5 Å². The minimum Gasteiger partial charge on any atom is -0.384 e. The Balaban J connectivity index is 3.01. The molecule has 4 heteroatoms. The first kappa shape index (κ1) is 13.0. The molecule has 0 aliphatic carbocycles. The molecule has 0 saturated carbocycles. The molecule has 0 aliphatic heterocycles. The van der Waals surface area contributed by atoms with Gasteiger partial charge in [0.1, 0.15) is 0 Å². The van der Waals surface area contributed by atoms with Crippen LogP contribution < -0.4 is 5.32 Å². The second-order valence-electron chi connectivity index (χ2n) is 4.17. The number of hydrogen-bond acceptors (Lipinski definition) is 3. The summed E-state index contributed by atoms with van der Waals surface area (Å²) in [7, 11) is -3.14. The van der Waals surface area contributed by atoms with E-state index < -0.39 is 9.84 Å². The first-order chi connectivity index (χ1) is 7.47. The van der Waals surface area contributed by atoms with Crippen LogP contribution in [0.2, 0.25) is 0 Å². The zero-order valence-electron chi connectivity index (χ0n) is 10.0. The van der Waals surface area contributed by atoms with E-state index in [1.54, 1.807) is 19.1 Å². The van der Waals surface area contributed by atoms with Gasteiger partial charge in [0.15, 0.2) is 9.84 Å². The summed E-state index contributed by atoms with van der Waals surface area (Å²) in [5.41, 5.74) is 0.707. The Morgan fingerprint density at radius 3 is 2.44 bits per heavy atom. The van der Waals surface area contributed by atoms with Gasteiger partial charge >= 0.3 is 0 Å². The third-order valence-corrected chi connectivity index (χ3v) is 4.09. The molecule has 0 amide bonds. The summed E-state index contributed by atoms with van der Waals surface area (Å²) in [6.45, 7) is 6.61. The van der Waals surface area contributed by atoms with Crippen LogP contribution in [0.25, 0.3) is 0 Å². The highest BCUT2D eigenvalue weighted by Crippen LogP contribution is 2.22. The summed E-state index contributed by atoms with van der Waals surface area (Å²) in [5, 5.41) is 3.17. The van der Waals surface area contributed by atoms with Gasteiger partial charge in [-0.1, -0.05) is 32.9 Å². The van der Waals surface area contributed by atoms with Gasteiger partial charge in [-0.3, -0.25) is 0 Å². The Kier molecular flexibility index (Phi) is 4.35. The fourth-order valence-electron chi connectivity index (χ4n) is 1.35. The van der Waals surface area contributed by atoms with Crippen molar-refractivity contribution in [3.8, 4) is 0 Å². The number of rotatable bonds is 5. The molecule has 0 radical (unpaired) electrons. The van der Waals surface area contributed by atoms with Crippen molar-refractivity contribution in [2.24, 2.45) is 5.92 Å². The van der Waals surface area contributed by atoms with Crippen molar-refractivity contribution in [3.63, 3.8) is 0 Å². The normalized spacial score (nSPS) is 11.8. The van der Waals surface area contributed by atoms with Crippen molar-refractivity contribution in [2.75, 3.05) is 17.6 Å². The van der Waals surface area contributed by atoms with E-state index in [1.165, 1.54) is 0 Å². The van der Waals surface area contributed by atoms with Gasteiger partial charge in [-0.2, -0.15) is 0 Å². The average Bonchev–Trinajstić information content (AvgIpc) is 2.26. The monoisotopic (exact) mass is 241 g/mol. The van der Waals surface area contributed by atoms with Gasteiger partial charge in [0, 0.05) is 6.54 Å². The molecular weight excluding hydrogens is 222 g/mol. The highest BCUT2D eigenvalue weighted by Gasteiger charge is 2.15. The van der Waals surface area contributed by atoms with Crippen LogP contribution in [-0.2, 0) is 9.84 Å². The lowest BCUT2D eigenvalue weighted by molar-refractivity contribution is 0.597. The molecule has 0 bridgehead atoms. The zero-order chi connectivity index (χ0) is 12.2. The number of anilines is 1. The molecule has 16 heavy (non-hydrogen) atoms. The predicted molar refractivity (Wildman–Crippen MR) is 67.5 cm³/mol. The van der Waals surface area contributed by atoms with Gasteiger partial charge in [0.05, 0.1) is 16.3 Å². The number of para-hydroxylation sites is 1. The Labute approximate surface area is 97.8 Å². The summed E-state index contributed by atoms with van der Waals surface area (Å²) >= 11 is 0. The van der Waals surface area contributed by atoms with Crippen LogP contribution in [-0.4, -0.2) is 20.7 Å². The van der Waals surface area contributed by atoms with Crippen molar-refractivity contribution < 1.29 is 8.42 Å². The fraction of sp³-hybridized carbons (Fsp3) is 0.500. The highest BCUT2D eigenvalue weighted by molar-refractivity contribution is 7.91. The van der Waals surface area contributed by atoms with Crippen LogP contribution in [0.4, 0.5) is 5.69 Å². The molecule has 0 aliphatic rings. The minimum absolute atomic E-state index is 0.132. The number of sulfone groups is 1. The molecule has 1 aromatic carbocycles. The molecule has 1 N–H and O–H groups in total. The molecule has 0 saturated heterocycles. The van der Waals surface area contributed by atoms with E-state index in [0.717, 1.165) is 6.54 Å². The average molecular weight is 241 g/mol. The second kappa shape index (κ2) is 5.34. The molecule has 0 fully saturated rings. The number of hydrogen-bond donors (Lipinski definition) is 1. The van der Waals surface area contributed by atoms with Gasteiger partial charge in [-0.05, 0) is 18.1 Å². The van der Waals surface area contributed by atoms with E-state index in [1.807, 2.05) is 12.1 Å². The lowest BCUT2D eigenvalue weighted by Gasteiger charge is -2.13. The summed E-state index contributed by atoms with van der Waals surface area (Å²) in [6, 6.07) is 7.06. The molecule has 3 nitrogen and oxygen atoms in total. The van der Waals surface area contributed by atoms with E-state index in [4.69, 9.17) is 0 Å². The zero-order valence-corrected chi connectivity index (χ0v) is 10.8. The van der Waals surface area contributed by atoms with Crippen LogP contribution in [0.1, 0.15) is 20.8 Å². The third kappa shape index (κ3) is 3.23. The lowest BCUT2D eigenvalue weighted by atomic mass is 10.2. The SMILES string of the molecule is CCS(=O)(=O)c1ccccc1NCC(C)C. The Bertz CT molecular complexity index is 438. The Hall–Kier alpha value is -1.03. The predicted octanol–water partition coefficient (Wildman–Crippen LogP) is 2.55. The third-order valence-electron chi connectivity index (χ3n) is 2.30.